The molecule has 0 spiro atoms. The molecule has 0 saturated carbocycles. The lowest BCUT2D eigenvalue weighted by Crippen LogP contribution is -2.26. The van der Waals surface area contributed by atoms with E-state index < -0.39 is 10.0 Å². The van der Waals surface area contributed by atoms with Gasteiger partial charge in [-0.05, 0) is 74.7 Å². The standard InChI is InChI=1S/C27H30N2O5S/c1-19(2)34-25-12-6-21(7-13-25)16-17-28-27(31)24-8-4-22(5-9-24)18-29-35(32,33)26-14-10-23(11-15-26)20(3)30/h4-15,19,29H,16-18H2,1-3H3,(H,28,31). The summed E-state index contributed by atoms with van der Waals surface area (Å²) in [6.45, 7) is 5.95. The lowest BCUT2D eigenvalue weighted by molar-refractivity contribution is 0.0953. The smallest absolute Gasteiger partial charge is 0.251 e. The van der Waals surface area contributed by atoms with Gasteiger partial charge in [0.25, 0.3) is 5.91 Å². The quantitative estimate of drug-likeness (QED) is 0.391. The van der Waals surface area contributed by atoms with E-state index in [9.17, 15) is 18.0 Å². The fraction of sp³-hybridized carbons (Fsp3) is 0.259. The Morgan fingerprint density at radius 3 is 1.97 bits per heavy atom. The zero-order chi connectivity index (χ0) is 25.4. The Morgan fingerprint density at radius 1 is 0.829 bits per heavy atom. The molecule has 0 fully saturated rings. The fourth-order valence-electron chi connectivity index (χ4n) is 3.33. The maximum absolute atomic E-state index is 12.5. The van der Waals surface area contributed by atoms with E-state index in [-0.39, 0.29) is 29.2 Å². The molecule has 0 aliphatic heterocycles. The molecule has 0 heterocycles. The van der Waals surface area contributed by atoms with Crippen molar-refractivity contribution in [2.45, 2.75) is 44.7 Å². The predicted molar refractivity (Wildman–Crippen MR) is 135 cm³/mol. The van der Waals surface area contributed by atoms with Gasteiger partial charge < -0.3 is 10.1 Å². The minimum Gasteiger partial charge on any atom is -0.491 e. The second kappa shape index (κ2) is 11.8. The Bertz CT molecular complexity index is 1250. The van der Waals surface area contributed by atoms with Crippen molar-refractivity contribution < 1.29 is 22.7 Å². The van der Waals surface area contributed by atoms with Crippen LogP contribution in [0.3, 0.4) is 0 Å². The number of hydrogen-bond acceptors (Lipinski definition) is 5. The van der Waals surface area contributed by atoms with Crippen molar-refractivity contribution in [1.82, 2.24) is 10.0 Å². The minimum absolute atomic E-state index is 0.0786. The minimum atomic E-state index is -3.72. The molecule has 35 heavy (non-hydrogen) atoms. The van der Waals surface area contributed by atoms with E-state index in [1.165, 1.54) is 31.2 Å². The van der Waals surface area contributed by atoms with Gasteiger partial charge in [-0.1, -0.05) is 36.4 Å². The topological polar surface area (TPSA) is 102 Å². The first-order valence-electron chi connectivity index (χ1n) is 11.4. The van der Waals surface area contributed by atoms with Crippen LogP contribution in [-0.2, 0) is 23.0 Å². The number of amides is 1. The molecule has 3 rings (SSSR count). The van der Waals surface area contributed by atoms with E-state index in [2.05, 4.69) is 10.0 Å². The van der Waals surface area contributed by atoms with Gasteiger partial charge in [-0.25, -0.2) is 13.1 Å². The second-order valence-electron chi connectivity index (χ2n) is 8.42. The third kappa shape index (κ3) is 7.77. The first-order chi connectivity index (χ1) is 16.6. The third-order valence-corrected chi connectivity index (χ3v) is 6.67. The van der Waals surface area contributed by atoms with Crippen LogP contribution in [0.4, 0.5) is 0 Å². The van der Waals surface area contributed by atoms with Gasteiger partial charge in [0.1, 0.15) is 5.75 Å². The number of rotatable bonds is 11. The summed E-state index contributed by atoms with van der Waals surface area (Å²) in [5.41, 5.74) is 2.76. The highest BCUT2D eigenvalue weighted by Crippen LogP contribution is 2.15. The van der Waals surface area contributed by atoms with Gasteiger partial charge in [-0.2, -0.15) is 0 Å². The summed E-state index contributed by atoms with van der Waals surface area (Å²) in [5, 5.41) is 2.90. The molecule has 0 bridgehead atoms. The molecule has 0 aliphatic carbocycles. The monoisotopic (exact) mass is 494 g/mol. The van der Waals surface area contributed by atoms with Crippen LogP contribution in [0, 0.1) is 0 Å². The van der Waals surface area contributed by atoms with Gasteiger partial charge in [0, 0.05) is 24.2 Å². The number of hydrogen-bond donors (Lipinski definition) is 2. The van der Waals surface area contributed by atoms with Crippen molar-refractivity contribution in [3.63, 3.8) is 0 Å². The van der Waals surface area contributed by atoms with E-state index in [0.717, 1.165) is 11.3 Å². The number of benzene rings is 3. The van der Waals surface area contributed by atoms with Crippen molar-refractivity contribution in [2.75, 3.05) is 6.54 Å². The molecule has 8 heteroatoms. The molecule has 1 amide bonds. The lowest BCUT2D eigenvalue weighted by atomic mass is 10.1. The van der Waals surface area contributed by atoms with Crippen molar-refractivity contribution >= 4 is 21.7 Å². The first-order valence-corrected chi connectivity index (χ1v) is 12.9. The average molecular weight is 495 g/mol. The van der Waals surface area contributed by atoms with Crippen LogP contribution in [0.1, 0.15) is 52.6 Å². The molecule has 0 aliphatic rings. The van der Waals surface area contributed by atoms with Crippen molar-refractivity contribution in [3.8, 4) is 5.75 Å². The van der Waals surface area contributed by atoms with Gasteiger partial charge in [0.05, 0.1) is 11.0 Å². The first kappa shape index (κ1) is 26.1. The summed E-state index contributed by atoms with van der Waals surface area (Å²) >= 11 is 0. The maximum atomic E-state index is 12.5. The zero-order valence-electron chi connectivity index (χ0n) is 20.1. The third-order valence-electron chi connectivity index (χ3n) is 5.25. The highest BCUT2D eigenvalue weighted by Gasteiger charge is 2.14. The van der Waals surface area contributed by atoms with Crippen LogP contribution in [0.5, 0.6) is 5.75 Å². The highest BCUT2D eigenvalue weighted by molar-refractivity contribution is 7.89. The maximum Gasteiger partial charge on any atom is 0.251 e. The van der Waals surface area contributed by atoms with Crippen LogP contribution in [-0.4, -0.2) is 32.8 Å². The molecule has 7 nitrogen and oxygen atoms in total. The molecule has 2 N–H and O–H groups in total. The predicted octanol–water partition coefficient (Wildman–Crippen LogP) is 4.13. The van der Waals surface area contributed by atoms with Crippen LogP contribution in [0.25, 0.3) is 0 Å². The number of ether oxygens (including phenoxy) is 1. The Balaban J connectivity index is 1.48. The molecule has 0 saturated heterocycles. The van der Waals surface area contributed by atoms with Gasteiger partial charge in [-0.3, -0.25) is 9.59 Å². The summed E-state index contributed by atoms with van der Waals surface area (Å²) in [6, 6.07) is 20.3. The van der Waals surface area contributed by atoms with E-state index in [0.29, 0.717) is 29.7 Å². The average Bonchev–Trinajstić information content (AvgIpc) is 2.84. The van der Waals surface area contributed by atoms with Crippen LogP contribution in [0.15, 0.2) is 77.7 Å². The summed E-state index contributed by atoms with van der Waals surface area (Å²) in [5.74, 6) is 0.500. The number of Topliss-reactive ketones (excluding diaryl/α,β-unsaturated/α-hetero) is 1. The second-order valence-corrected chi connectivity index (χ2v) is 10.2. The molecule has 0 unspecified atom stereocenters. The summed E-state index contributed by atoms with van der Waals surface area (Å²) in [6.07, 6.45) is 0.818. The number of nitrogens with one attached hydrogen (secondary N) is 2. The SMILES string of the molecule is CC(=O)c1ccc(S(=O)(=O)NCc2ccc(C(=O)NCCc3ccc(OC(C)C)cc3)cc2)cc1. The Hall–Kier alpha value is -3.49. The van der Waals surface area contributed by atoms with Crippen LogP contribution in [0.2, 0.25) is 0 Å². The van der Waals surface area contributed by atoms with E-state index in [1.54, 1.807) is 24.3 Å². The number of carbonyl (C=O) groups excluding carboxylic acids is 2. The van der Waals surface area contributed by atoms with Crippen molar-refractivity contribution in [3.05, 3.63) is 95.1 Å². The Morgan fingerprint density at radius 2 is 1.40 bits per heavy atom. The van der Waals surface area contributed by atoms with Gasteiger partial charge in [-0.15, -0.1) is 0 Å². The largest absolute Gasteiger partial charge is 0.491 e. The normalized spacial score (nSPS) is 11.3. The molecule has 3 aromatic rings. The molecule has 0 radical (unpaired) electrons. The van der Waals surface area contributed by atoms with Gasteiger partial charge in [0.2, 0.25) is 10.0 Å². The molecule has 3 aromatic carbocycles. The molecular weight excluding hydrogens is 464 g/mol. The van der Waals surface area contributed by atoms with Gasteiger partial charge >= 0.3 is 0 Å². The van der Waals surface area contributed by atoms with E-state index in [4.69, 9.17) is 4.74 Å². The fourth-order valence-corrected chi connectivity index (χ4v) is 4.35. The van der Waals surface area contributed by atoms with E-state index >= 15 is 0 Å². The Kier molecular flexibility index (Phi) is 8.78. The van der Waals surface area contributed by atoms with Crippen molar-refractivity contribution in [2.24, 2.45) is 0 Å². The number of carbonyl (C=O) groups is 2. The summed E-state index contributed by atoms with van der Waals surface area (Å²) < 4.78 is 33.2. The zero-order valence-corrected chi connectivity index (χ0v) is 20.9. The van der Waals surface area contributed by atoms with Crippen molar-refractivity contribution in [1.29, 1.82) is 0 Å². The summed E-state index contributed by atoms with van der Waals surface area (Å²) in [7, 11) is -3.72. The number of ketones is 1. The van der Waals surface area contributed by atoms with Crippen LogP contribution < -0.4 is 14.8 Å². The summed E-state index contributed by atoms with van der Waals surface area (Å²) in [4.78, 5) is 23.9. The lowest BCUT2D eigenvalue weighted by Gasteiger charge is -2.10. The number of sulfonamides is 1. The van der Waals surface area contributed by atoms with Crippen LogP contribution >= 0.6 is 0 Å². The molecular formula is C27H30N2O5S. The highest BCUT2D eigenvalue weighted by atomic mass is 32.2. The van der Waals surface area contributed by atoms with Gasteiger partial charge in [0.15, 0.2) is 5.78 Å². The Labute approximate surface area is 206 Å². The molecule has 0 atom stereocenters. The molecule has 0 aromatic heterocycles. The molecule has 184 valence electrons. The van der Waals surface area contributed by atoms with E-state index in [1.807, 2.05) is 38.1 Å².